The van der Waals surface area contributed by atoms with Crippen molar-refractivity contribution in [3.8, 4) is 0 Å². The summed E-state index contributed by atoms with van der Waals surface area (Å²) in [6.07, 6.45) is 1.76. The van der Waals surface area contributed by atoms with Crippen molar-refractivity contribution in [3.63, 3.8) is 0 Å². The van der Waals surface area contributed by atoms with Crippen LogP contribution in [0.2, 0.25) is 0 Å². The first kappa shape index (κ1) is 12.8. The van der Waals surface area contributed by atoms with E-state index in [4.69, 9.17) is 16.2 Å². The number of halogens is 1. The van der Waals surface area contributed by atoms with Gasteiger partial charge in [-0.2, -0.15) is 0 Å². The van der Waals surface area contributed by atoms with Crippen LogP contribution in [-0.4, -0.2) is 30.6 Å². The predicted molar refractivity (Wildman–Crippen MR) is 69.4 cm³/mol. The second-order valence-electron chi connectivity index (χ2n) is 4.66. The van der Waals surface area contributed by atoms with Crippen LogP contribution in [0.3, 0.4) is 0 Å². The van der Waals surface area contributed by atoms with E-state index in [2.05, 4.69) is 0 Å². The van der Waals surface area contributed by atoms with Gasteiger partial charge in [0, 0.05) is 19.7 Å². The molecule has 0 atom stereocenters. The summed E-state index contributed by atoms with van der Waals surface area (Å²) >= 11 is 0. The van der Waals surface area contributed by atoms with E-state index in [9.17, 15) is 4.39 Å². The highest BCUT2D eigenvalue weighted by Crippen LogP contribution is 2.27. The largest absolute Gasteiger partial charge is 0.396 e. The number of nitrogens with two attached hydrogens (primary N) is 1. The van der Waals surface area contributed by atoms with E-state index in [0.717, 1.165) is 25.9 Å². The molecule has 0 aliphatic carbocycles. The molecule has 0 amide bonds. The van der Waals surface area contributed by atoms with Crippen molar-refractivity contribution in [1.29, 1.82) is 5.41 Å². The number of piperidine rings is 1. The lowest BCUT2D eigenvalue weighted by atomic mass is 9.96. The van der Waals surface area contributed by atoms with Crippen LogP contribution in [0.15, 0.2) is 18.2 Å². The molecule has 0 spiro atoms. The number of hydrogen-bond donors (Lipinski definition) is 3. The zero-order valence-electron chi connectivity index (χ0n) is 10.2. The lowest BCUT2D eigenvalue weighted by Gasteiger charge is -2.34. The molecule has 0 bridgehead atoms. The molecule has 1 aromatic carbocycles. The lowest BCUT2D eigenvalue weighted by molar-refractivity contribution is 0.203. The maximum absolute atomic E-state index is 13.7. The highest BCUT2D eigenvalue weighted by atomic mass is 19.1. The van der Waals surface area contributed by atoms with Crippen LogP contribution in [0, 0.1) is 17.1 Å². The maximum Gasteiger partial charge on any atom is 0.136 e. The zero-order valence-corrected chi connectivity index (χ0v) is 10.2. The third kappa shape index (κ3) is 2.46. The van der Waals surface area contributed by atoms with E-state index in [1.165, 1.54) is 6.07 Å². The Morgan fingerprint density at radius 2 is 2.11 bits per heavy atom. The summed E-state index contributed by atoms with van der Waals surface area (Å²) in [5, 5.41) is 16.6. The molecule has 0 saturated carbocycles. The van der Waals surface area contributed by atoms with Crippen molar-refractivity contribution in [2.75, 3.05) is 24.6 Å². The van der Waals surface area contributed by atoms with Gasteiger partial charge in [0.25, 0.3) is 0 Å². The van der Waals surface area contributed by atoms with Crippen LogP contribution in [0.5, 0.6) is 0 Å². The van der Waals surface area contributed by atoms with Gasteiger partial charge in [0.1, 0.15) is 11.7 Å². The van der Waals surface area contributed by atoms with Gasteiger partial charge in [-0.25, -0.2) is 4.39 Å². The fourth-order valence-electron chi connectivity index (χ4n) is 2.40. The number of aliphatic hydroxyl groups excluding tert-OH is 1. The molecule has 0 radical (unpaired) electrons. The molecule has 4 N–H and O–H groups in total. The number of benzene rings is 1. The number of rotatable bonds is 3. The quantitative estimate of drug-likeness (QED) is 0.560. The van der Waals surface area contributed by atoms with Crippen LogP contribution in [0.25, 0.3) is 0 Å². The highest BCUT2D eigenvalue weighted by Gasteiger charge is 2.22. The van der Waals surface area contributed by atoms with Gasteiger partial charge >= 0.3 is 0 Å². The Morgan fingerprint density at radius 3 is 2.67 bits per heavy atom. The molecule has 1 aliphatic rings. The van der Waals surface area contributed by atoms with Gasteiger partial charge in [-0.1, -0.05) is 6.07 Å². The molecule has 0 aromatic heterocycles. The highest BCUT2D eigenvalue weighted by molar-refractivity contribution is 6.00. The average molecular weight is 251 g/mol. The van der Waals surface area contributed by atoms with E-state index in [0.29, 0.717) is 11.6 Å². The second-order valence-corrected chi connectivity index (χ2v) is 4.66. The molecule has 98 valence electrons. The van der Waals surface area contributed by atoms with E-state index in [-0.39, 0.29) is 18.0 Å². The van der Waals surface area contributed by atoms with Crippen LogP contribution in [0.4, 0.5) is 10.1 Å². The molecule has 1 aromatic rings. The third-order valence-electron chi connectivity index (χ3n) is 3.47. The number of anilines is 1. The van der Waals surface area contributed by atoms with Crippen LogP contribution in [0.1, 0.15) is 18.4 Å². The Morgan fingerprint density at radius 1 is 1.44 bits per heavy atom. The van der Waals surface area contributed by atoms with Crippen LogP contribution < -0.4 is 10.6 Å². The number of amidine groups is 1. The summed E-state index contributed by atoms with van der Waals surface area (Å²) in [6, 6.07) is 4.75. The fourth-order valence-corrected chi connectivity index (χ4v) is 2.40. The van der Waals surface area contributed by atoms with E-state index in [1.807, 2.05) is 4.90 Å². The monoisotopic (exact) mass is 251 g/mol. The summed E-state index contributed by atoms with van der Waals surface area (Å²) in [7, 11) is 0. The minimum atomic E-state index is -0.454. The molecule has 0 unspecified atom stereocenters. The Labute approximate surface area is 106 Å². The topological polar surface area (TPSA) is 73.3 Å². The first-order chi connectivity index (χ1) is 8.63. The van der Waals surface area contributed by atoms with Gasteiger partial charge in [0.15, 0.2) is 0 Å². The van der Waals surface area contributed by atoms with Crippen molar-refractivity contribution in [3.05, 3.63) is 29.6 Å². The van der Waals surface area contributed by atoms with E-state index >= 15 is 0 Å². The van der Waals surface area contributed by atoms with Gasteiger partial charge < -0.3 is 15.7 Å². The molecule has 1 saturated heterocycles. The third-order valence-corrected chi connectivity index (χ3v) is 3.47. The van der Waals surface area contributed by atoms with Crippen molar-refractivity contribution in [2.45, 2.75) is 12.8 Å². The molecule has 2 rings (SSSR count). The molecule has 18 heavy (non-hydrogen) atoms. The van der Waals surface area contributed by atoms with Crippen LogP contribution >= 0.6 is 0 Å². The van der Waals surface area contributed by atoms with Crippen molar-refractivity contribution in [2.24, 2.45) is 11.7 Å². The smallest absolute Gasteiger partial charge is 0.136 e. The van der Waals surface area contributed by atoms with Crippen molar-refractivity contribution < 1.29 is 9.50 Å². The number of nitrogens with one attached hydrogen (secondary N) is 1. The van der Waals surface area contributed by atoms with Crippen molar-refractivity contribution >= 4 is 11.5 Å². The second kappa shape index (κ2) is 5.35. The first-order valence-corrected chi connectivity index (χ1v) is 6.12. The van der Waals surface area contributed by atoms with E-state index in [1.54, 1.807) is 12.1 Å². The van der Waals surface area contributed by atoms with Gasteiger partial charge in [-0.15, -0.1) is 0 Å². The van der Waals surface area contributed by atoms with Crippen LogP contribution in [-0.2, 0) is 0 Å². The molecular formula is C13H18FN3O. The molecule has 5 heteroatoms. The fraction of sp³-hybridized carbons (Fsp3) is 0.462. The molecule has 1 fully saturated rings. The normalized spacial score (nSPS) is 16.9. The first-order valence-electron chi connectivity index (χ1n) is 6.12. The Kier molecular flexibility index (Phi) is 3.81. The maximum atomic E-state index is 13.7. The number of hydrogen-bond acceptors (Lipinski definition) is 3. The molecular weight excluding hydrogens is 233 g/mol. The zero-order chi connectivity index (χ0) is 13.1. The Balaban J connectivity index is 2.24. The molecule has 1 heterocycles. The molecule has 4 nitrogen and oxygen atoms in total. The van der Waals surface area contributed by atoms with E-state index < -0.39 is 5.82 Å². The van der Waals surface area contributed by atoms with Gasteiger partial charge in [-0.3, -0.25) is 5.41 Å². The Hall–Kier alpha value is -1.62. The van der Waals surface area contributed by atoms with Gasteiger partial charge in [-0.05, 0) is 30.9 Å². The van der Waals surface area contributed by atoms with Gasteiger partial charge in [0.05, 0.1) is 11.3 Å². The number of aliphatic hydroxyl groups is 1. The van der Waals surface area contributed by atoms with Crippen molar-refractivity contribution in [1.82, 2.24) is 0 Å². The minimum absolute atomic E-state index is 0.181. The van der Waals surface area contributed by atoms with Gasteiger partial charge in [0.2, 0.25) is 0 Å². The predicted octanol–water partition coefficient (Wildman–Crippen LogP) is 1.32. The average Bonchev–Trinajstić information content (AvgIpc) is 2.38. The summed E-state index contributed by atoms with van der Waals surface area (Å²) < 4.78 is 13.7. The number of nitrogens with zero attached hydrogens (tertiary/aromatic N) is 1. The molecule has 1 aliphatic heterocycles. The minimum Gasteiger partial charge on any atom is -0.396 e. The Bertz CT molecular complexity index is 442. The SMILES string of the molecule is N=C(N)c1c(F)cccc1N1CCC(CO)CC1. The number of nitrogen functional groups attached to an aromatic ring is 1. The lowest BCUT2D eigenvalue weighted by Crippen LogP contribution is -2.36. The summed E-state index contributed by atoms with van der Waals surface area (Å²) in [5.41, 5.74) is 6.31. The summed E-state index contributed by atoms with van der Waals surface area (Å²) in [6.45, 7) is 1.72. The standard InChI is InChI=1S/C13H18FN3O/c14-10-2-1-3-11(12(10)13(15)16)17-6-4-9(8-18)5-7-17/h1-3,9,18H,4-8H2,(H3,15,16). The summed E-state index contributed by atoms with van der Waals surface area (Å²) in [4.78, 5) is 2.03. The summed E-state index contributed by atoms with van der Waals surface area (Å²) in [5.74, 6) is -0.368.